The maximum atomic E-state index is 11.3. The highest BCUT2D eigenvalue weighted by Gasteiger charge is 2.07. The van der Waals surface area contributed by atoms with Crippen LogP contribution in [0.5, 0.6) is 5.75 Å². The molecule has 7 heteroatoms. The van der Waals surface area contributed by atoms with E-state index >= 15 is 0 Å². The number of aliphatic hydroxyl groups excluding tert-OH is 1. The van der Waals surface area contributed by atoms with Crippen molar-refractivity contribution in [3.8, 4) is 5.75 Å². The van der Waals surface area contributed by atoms with Gasteiger partial charge in [-0.1, -0.05) is 6.07 Å². The molecule has 1 aromatic rings. The van der Waals surface area contributed by atoms with Gasteiger partial charge in [0.15, 0.2) is 6.61 Å². The number of hydrogen-bond acceptors (Lipinski definition) is 5. The van der Waals surface area contributed by atoms with E-state index in [1.165, 1.54) is 24.3 Å². The zero-order valence-electron chi connectivity index (χ0n) is 9.67. The minimum atomic E-state index is -0.534. The molecule has 2 N–H and O–H groups in total. The fraction of sp³-hybridized carbons (Fsp3) is 0.364. The third kappa shape index (κ3) is 4.79. The zero-order valence-corrected chi connectivity index (χ0v) is 9.67. The first kappa shape index (κ1) is 13.9. The van der Waals surface area contributed by atoms with Crippen LogP contribution in [-0.4, -0.2) is 35.7 Å². The highest BCUT2D eigenvalue weighted by Crippen LogP contribution is 2.18. The molecule has 98 valence electrons. The minimum absolute atomic E-state index is 0.00597. The van der Waals surface area contributed by atoms with Gasteiger partial charge in [0.05, 0.1) is 11.0 Å². The fourth-order valence-electron chi connectivity index (χ4n) is 1.19. The van der Waals surface area contributed by atoms with Crippen LogP contribution in [0.1, 0.15) is 6.42 Å². The van der Waals surface area contributed by atoms with Gasteiger partial charge in [-0.3, -0.25) is 14.9 Å². The minimum Gasteiger partial charge on any atom is -0.484 e. The van der Waals surface area contributed by atoms with E-state index in [1.54, 1.807) is 0 Å². The van der Waals surface area contributed by atoms with Gasteiger partial charge in [-0.05, 0) is 12.5 Å². The Morgan fingerprint density at radius 1 is 1.50 bits per heavy atom. The number of nitro groups is 1. The Hall–Kier alpha value is -2.15. The maximum Gasteiger partial charge on any atom is 0.273 e. The lowest BCUT2D eigenvalue weighted by atomic mass is 10.3. The van der Waals surface area contributed by atoms with Crippen LogP contribution in [-0.2, 0) is 4.79 Å². The van der Waals surface area contributed by atoms with Gasteiger partial charge in [0, 0.05) is 19.2 Å². The van der Waals surface area contributed by atoms with Gasteiger partial charge in [0.2, 0.25) is 0 Å². The van der Waals surface area contributed by atoms with Gasteiger partial charge in [-0.2, -0.15) is 0 Å². The summed E-state index contributed by atoms with van der Waals surface area (Å²) in [6.07, 6.45) is 0.475. The number of aliphatic hydroxyl groups is 1. The summed E-state index contributed by atoms with van der Waals surface area (Å²) in [7, 11) is 0. The lowest BCUT2D eigenvalue weighted by Crippen LogP contribution is -2.30. The number of nitro benzene ring substituents is 1. The molecule has 18 heavy (non-hydrogen) atoms. The molecule has 0 aliphatic heterocycles. The number of rotatable bonds is 7. The summed E-state index contributed by atoms with van der Waals surface area (Å²) in [5.74, 6) is -0.0727. The summed E-state index contributed by atoms with van der Waals surface area (Å²) in [6, 6.07) is 5.61. The largest absolute Gasteiger partial charge is 0.484 e. The van der Waals surface area contributed by atoms with Gasteiger partial charge >= 0.3 is 0 Å². The highest BCUT2D eigenvalue weighted by molar-refractivity contribution is 5.77. The number of nitrogens with zero attached hydrogens (tertiary/aromatic N) is 1. The van der Waals surface area contributed by atoms with Crippen LogP contribution in [0.15, 0.2) is 24.3 Å². The molecule has 0 aromatic heterocycles. The number of amides is 1. The molecular formula is C11H14N2O5. The standard InChI is InChI=1S/C11H14N2O5/c14-6-2-5-12-11(15)8-18-10-4-1-3-9(7-10)13(16)17/h1,3-4,7,14H,2,5-6,8H2,(H,12,15). The predicted molar refractivity (Wildman–Crippen MR) is 63.3 cm³/mol. The number of benzene rings is 1. The predicted octanol–water partition coefficient (Wildman–Crippen LogP) is 0.472. The second kappa shape index (κ2) is 7.23. The van der Waals surface area contributed by atoms with Crippen molar-refractivity contribution < 1.29 is 19.6 Å². The van der Waals surface area contributed by atoms with Crippen LogP contribution < -0.4 is 10.1 Å². The van der Waals surface area contributed by atoms with Crippen molar-refractivity contribution in [3.63, 3.8) is 0 Å². The Kier molecular flexibility index (Phi) is 5.59. The third-order valence-electron chi connectivity index (χ3n) is 2.06. The Morgan fingerprint density at radius 2 is 2.28 bits per heavy atom. The first-order valence-electron chi connectivity index (χ1n) is 5.38. The molecule has 0 spiro atoms. The van der Waals surface area contributed by atoms with Gasteiger partial charge in [0.1, 0.15) is 5.75 Å². The third-order valence-corrected chi connectivity index (χ3v) is 2.06. The average Bonchev–Trinajstić information content (AvgIpc) is 2.37. The topological polar surface area (TPSA) is 102 Å². The lowest BCUT2D eigenvalue weighted by molar-refractivity contribution is -0.384. The molecule has 0 fully saturated rings. The van der Waals surface area contributed by atoms with E-state index in [9.17, 15) is 14.9 Å². The average molecular weight is 254 g/mol. The summed E-state index contributed by atoms with van der Waals surface area (Å²) in [4.78, 5) is 21.2. The molecule has 1 aromatic carbocycles. The van der Waals surface area contributed by atoms with Crippen LogP contribution in [0.2, 0.25) is 0 Å². The van der Waals surface area contributed by atoms with Crippen molar-refractivity contribution in [1.29, 1.82) is 0 Å². The van der Waals surface area contributed by atoms with Crippen molar-refractivity contribution in [2.24, 2.45) is 0 Å². The molecule has 0 aliphatic rings. The number of carbonyl (C=O) groups is 1. The van der Waals surface area contributed by atoms with E-state index in [1.807, 2.05) is 0 Å². The van der Waals surface area contributed by atoms with Gasteiger partial charge in [-0.25, -0.2) is 0 Å². The first-order chi connectivity index (χ1) is 8.63. The van der Waals surface area contributed by atoms with Crippen molar-refractivity contribution in [1.82, 2.24) is 5.32 Å². The quantitative estimate of drug-likeness (QED) is 0.418. The number of nitrogens with one attached hydrogen (secondary N) is 1. The molecule has 7 nitrogen and oxygen atoms in total. The van der Waals surface area contributed by atoms with E-state index in [0.717, 1.165) is 0 Å². The Balaban J connectivity index is 2.41. The SMILES string of the molecule is O=C(COc1cccc([N+](=O)[O-])c1)NCCCO. The molecule has 1 amide bonds. The first-order valence-corrected chi connectivity index (χ1v) is 5.38. The molecule has 0 atom stereocenters. The molecule has 0 bridgehead atoms. The molecule has 0 unspecified atom stereocenters. The van der Waals surface area contributed by atoms with E-state index in [4.69, 9.17) is 9.84 Å². The number of carbonyl (C=O) groups excluding carboxylic acids is 1. The van der Waals surface area contributed by atoms with Gasteiger partial charge in [-0.15, -0.1) is 0 Å². The van der Waals surface area contributed by atoms with Crippen molar-refractivity contribution in [2.75, 3.05) is 19.8 Å². The zero-order chi connectivity index (χ0) is 13.4. The van der Waals surface area contributed by atoms with E-state index in [-0.39, 0.29) is 30.6 Å². The van der Waals surface area contributed by atoms with Crippen LogP contribution in [0.4, 0.5) is 5.69 Å². The molecule has 0 radical (unpaired) electrons. The molecular weight excluding hydrogens is 240 g/mol. The van der Waals surface area contributed by atoms with E-state index < -0.39 is 4.92 Å². The monoisotopic (exact) mass is 254 g/mol. The molecule has 0 saturated heterocycles. The number of hydrogen-bond donors (Lipinski definition) is 2. The highest BCUT2D eigenvalue weighted by atomic mass is 16.6. The lowest BCUT2D eigenvalue weighted by Gasteiger charge is -2.06. The number of ether oxygens (including phenoxy) is 1. The van der Waals surface area contributed by atoms with Gasteiger partial charge in [0.25, 0.3) is 11.6 Å². The van der Waals surface area contributed by atoms with Crippen molar-refractivity contribution in [2.45, 2.75) is 6.42 Å². The molecule has 0 saturated carbocycles. The Bertz CT molecular complexity index is 422. The Labute approximate surface area is 104 Å². The second-order valence-corrected chi connectivity index (χ2v) is 3.47. The molecule has 0 heterocycles. The van der Waals surface area contributed by atoms with E-state index in [0.29, 0.717) is 13.0 Å². The number of non-ortho nitro benzene ring substituents is 1. The summed E-state index contributed by atoms with van der Waals surface area (Å²) < 4.78 is 5.11. The van der Waals surface area contributed by atoms with Crippen LogP contribution in [0, 0.1) is 10.1 Å². The van der Waals surface area contributed by atoms with Crippen molar-refractivity contribution >= 4 is 11.6 Å². The second-order valence-electron chi connectivity index (χ2n) is 3.47. The van der Waals surface area contributed by atoms with Crippen molar-refractivity contribution in [3.05, 3.63) is 34.4 Å². The molecule has 1 rings (SSSR count). The summed E-state index contributed by atoms with van der Waals surface area (Å²) in [6.45, 7) is 0.159. The van der Waals surface area contributed by atoms with Crippen LogP contribution >= 0.6 is 0 Å². The van der Waals surface area contributed by atoms with E-state index in [2.05, 4.69) is 5.32 Å². The summed E-state index contributed by atoms with van der Waals surface area (Å²) in [5, 5.41) is 21.6. The normalized spacial score (nSPS) is 9.83. The van der Waals surface area contributed by atoms with Crippen LogP contribution in [0.3, 0.4) is 0 Å². The summed E-state index contributed by atoms with van der Waals surface area (Å²) in [5.41, 5.74) is -0.0896. The maximum absolute atomic E-state index is 11.3. The summed E-state index contributed by atoms with van der Waals surface area (Å²) >= 11 is 0. The fourth-order valence-corrected chi connectivity index (χ4v) is 1.19. The smallest absolute Gasteiger partial charge is 0.273 e. The van der Waals surface area contributed by atoms with Gasteiger partial charge < -0.3 is 15.2 Å². The Morgan fingerprint density at radius 3 is 2.94 bits per heavy atom. The van der Waals surface area contributed by atoms with Crippen LogP contribution in [0.25, 0.3) is 0 Å². The molecule has 0 aliphatic carbocycles.